The van der Waals surface area contributed by atoms with E-state index in [4.69, 9.17) is 27.8 Å². The van der Waals surface area contributed by atoms with Crippen LogP contribution in [0.1, 0.15) is 73.1 Å². The van der Waals surface area contributed by atoms with Crippen molar-refractivity contribution in [2.75, 3.05) is 26.6 Å². The van der Waals surface area contributed by atoms with Gasteiger partial charge in [0, 0.05) is 31.1 Å². The maximum Gasteiger partial charge on any atom is 0.330 e. The molecule has 3 amide bonds. The monoisotopic (exact) mass is 848 g/mol. The third-order valence-corrected chi connectivity index (χ3v) is 22.5. The molecule has 4 aliphatic heterocycles. The van der Waals surface area contributed by atoms with E-state index in [9.17, 15) is 19.2 Å². The minimum absolute atomic E-state index is 0.0448. The summed E-state index contributed by atoms with van der Waals surface area (Å²) in [7, 11) is -5.30. The van der Waals surface area contributed by atoms with Gasteiger partial charge in [-0.3, -0.25) is 29.4 Å². The van der Waals surface area contributed by atoms with E-state index in [1.807, 2.05) is 36.4 Å². The lowest BCUT2D eigenvalue weighted by molar-refractivity contribution is -0.144. The number of hydrogen-bond donors (Lipinski definition) is 2. The quantitative estimate of drug-likeness (QED) is 0.327. The maximum atomic E-state index is 13.7. The Kier molecular flexibility index (Phi) is 12.0. The fraction of sp³-hybridized carbons (Fsp3) is 0.581. The van der Waals surface area contributed by atoms with Gasteiger partial charge < -0.3 is 27.8 Å². The summed E-state index contributed by atoms with van der Waals surface area (Å²) in [6.07, 6.45) is -1.66. The zero-order chi connectivity index (χ0) is 42.5. The molecule has 14 nitrogen and oxygen atoms in total. The lowest BCUT2D eigenvalue weighted by atomic mass is 9.81. The van der Waals surface area contributed by atoms with Gasteiger partial charge in [-0.1, -0.05) is 102 Å². The van der Waals surface area contributed by atoms with E-state index in [0.29, 0.717) is 6.42 Å². The van der Waals surface area contributed by atoms with Crippen LogP contribution in [0.25, 0.3) is 0 Å². The molecule has 3 aromatic rings. The third kappa shape index (κ3) is 8.47. The Bertz CT molecular complexity index is 2080. The van der Waals surface area contributed by atoms with Crippen LogP contribution in [0.4, 0.5) is 4.79 Å². The summed E-state index contributed by atoms with van der Waals surface area (Å²) in [5.74, 6) is -0.528. The number of benzene rings is 2. The van der Waals surface area contributed by atoms with E-state index >= 15 is 0 Å². The minimum atomic E-state index is -2.99. The number of carbonyl (C=O) groups is 2. The number of rotatable bonds is 7. The number of imide groups is 1. The number of ether oxygens (including phenoxy) is 4. The van der Waals surface area contributed by atoms with Gasteiger partial charge in [0.25, 0.3) is 13.9 Å². The first-order valence-corrected chi connectivity index (χ1v) is 25.4. The molecule has 0 spiro atoms. The minimum Gasteiger partial charge on any atom is -0.411 e. The van der Waals surface area contributed by atoms with Crippen LogP contribution >= 0.6 is 0 Å². The van der Waals surface area contributed by atoms with Crippen LogP contribution < -0.4 is 26.9 Å². The number of amides is 3. The van der Waals surface area contributed by atoms with Crippen molar-refractivity contribution in [3.05, 3.63) is 93.3 Å². The van der Waals surface area contributed by atoms with Crippen LogP contribution in [0.5, 0.6) is 0 Å². The second-order valence-corrected chi connectivity index (χ2v) is 28.3. The highest BCUT2D eigenvalue weighted by Gasteiger charge is 2.53. The zero-order valence-electron chi connectivity index (χ0n) is 35.7. The molecule has 2 N–H and O–H groups in total. The number of nitrogens with one attached hydrogen (secondary N) is 2. The second-order valence-electron chi connectivity index (χ2n) is 19.3. The molecule has 4 aliphatic rings. The number of hydrogen-bond acceptors (Lipinski definition) is 10. The van der Waals surface area contributed by atoms with Crippen LogP contribution in [-0.2, 0) is 39.0 Å². The van der Waals surface area contributed by atoms with Crippen LogP contribution in [0.2, 0.25) is 23.2 Å². The average Bonchev–Trinajstić information content (AvgIpc) is 3.75. The SMILES string of the molecule is CC(C)(C)[Si](C)(C)O[C@H]1C[C@H]2O[C@@H]1COCO[C@@H]1C[C@@H](O[C@@H]1CO[Si](c1ccccc1)(c1ccccc1)C(C)(C)C)N1C[C@@](C)(Cc3cn2c(=O)[nH]c3=O)C(=O)NC1=O. The van der Waals surface area contributed by atoms with Crippen molar-refractivity contribution in [1.29, 1.82) is 0 Å². The van der Waals surface area contributed by atoms with Gasteiger partial charge in [0.15, 0.2) is 8.32 Å². The van der Waals surface area contributed by atoms with Crippen LogP contribution in [-0.4, -0.2) is 100 Å². The summed E-state index contributed by atoms with van der Waals surface area (Å²) < 4.78 is 41.5. The van der Waals surface area contributed by atoms with E-state index in [0.717, 1.165) is 10.4 Å². The number of urea groups is 1. The Hall–Kier alpha value is -3.75. The molecule has 0 unspecified atom stereocenters. The Labute approximate surface area is 348 Å². The van der Waals surface area contributed by atoms with Gasteiger partial charge >= 0.3 is 11.7 Å². The van der Waals surface area contributed by atoms with Crippen molar-refractivity contribution in [1.82, 2.24) is 19.8 Å². The molecular weight excluding hydrogens is 789 g/mol. The molecule has 2 aromatic carbocycles. The second kappa shape index (κ2) is 16.3. The molecule has 8 bridgehead atoms. The van der Waals surface area contributed by atoms with Crippen molar-refractivity contribution in [3.8, 4) is 0 Å². The molecule has 3 saturated heterocycles. The zero-order valence-corrected chi connectivity index (χ0v) is 37.7. The summed E-state index contributed by atoms with van der Waals surface area (Å²) in [6.45, 7) is 19.3. The topological polar surface area (TPSA) is 160 Å². The molecule has 59 heavy (non-hydrogen) atoms. The summed E-state index contributed by atoms with van der Waals surface area (Å²) in [6, 6.07) is 20.1. The number of fused-ring (bicyclic) bond motifs is 10. The molecule has 0 aliphatic carbocycles. The summed E-state index contributed by atoms with van der Waals surface area (Å²) in [5, 5.41) is 4.36. The highest BCUT2D eigenvalue weighted by Crippen LogP contribution is 2.42. The number of H-pyrrole nitrogens is 1. The number of aromatic nitrogens is 2. The lowest BCUT2D eigenvalue weighted by Gasteiger charge is -2.44. The van der Waals surface area contributed by atoms with Gasteiger partial charge in [-0.05, 0) is 46.9 Å². The highest BCUT2D eigenvalue weighted by atomic mass is 28.4. The van der Waals surface area contributed by atoms with Crippen molar-refractivity contribution in [2.24, 2.45) is 5.41 Å². The lowest BCUT2D eigenvalue weighted by Crippen LogP contribution is -2.67. The van der Waals surface area contributed by atoms with Gasteiger partial charge in [0.05, 0.1) is 30.8 Å². The molecule has 16 heteroatoms. The van der Waals surface area contributed by atoms with Crippen molar-refractivity contribution >= 4 is 38.9 Å². The Balaban J connectivity index is 1.24. The molecule has 320 valence electrons. The summed E-state index contributed by atoms with van der Waals surface area (Å²) in [4.78, 5) is 57.9. The molecule has 3 fully saturated rings. The Morgan fingerprint density at radius 2 is 1.49 bits per heavy atom. The fourth-order valence-corrected chi connectivity index (χ4v) is 14.6. The maximum absolute atomic E-state index is 13.7. The number of nitrogens with zero attached hydrogens (tertiary/aromatic N) is 2. The van der Waals surface area contributed by atoms with Gasteiger partial charge in [-0.25, -0.2) is 9.59 Å². The number of aromatic amines is 1. The van der Waals surface area contributed by atoms with E-state index in [2.05, 4.69) is 89.2 Å². The van der Waals surface area contributed by atoms with Crippen molar-refractivity contribution in [3.63, 3.8) is 0 Å². The first-order valence-electron chi connectivity index (χ1n) is 20.6. The molecule has 5 heterocycles. The largest absolute Gasteiger partial charge is 0.411 e. The van der Waals surface area contributed by atoms with E-state index in [-0.39, 0.29) is 55.0 Å². The van der Waals surface area contributed by atoms with E-state index in [1.165, 1.54) is 15.7 Å². The Morgan fingerprint density at radius 1 is 0.847 bits per heavy atom. The molecule has 7 atom stereocenters. The van der Waals surface area contributed by atoms with E-state index < -0.39 is 82.1 Å². The molecule has 0 radical (unpaired) electrons. The molecule has 1 aromatic heterocycles. The fourth-order valence-electron chi connectivity index (χ4n) is 8.68. The normalized spacial score (nSPS) is 28.3. The summed E-state index contributed by atoms with van der Waals surface area (Å²) >= 11 is 0. The van der Waals surface area contributed by atoms with Crippen LogP contribution in [0, 0.1) is 5.41 Å². The third-order valence-electron chi connectivity index (χ3n) is 13.0. The average molecular weight is 849 g/mol. The van der Waals surface area contributed by atoms with Crippen LogP contribution in [0.3, 0.4) is 0 Å². The first kappa shape index (κ1) is 43.3. The summed E-state index contributed by atoms with van der Waals surface area (Å²) in [5.41, 5.74) is -2.29. The first-order chi connectivity index (χ1) is 27.7. The molecule has 7 rings (SSSR count). The smallest absolute Gasteiger partial charge is 0.330 e. The van der Waals surface area contributed by atoms with Crippen molar-refractivity contribution in [2.45, 2.75) is 128 Å². The van der Waals surface area contributed by atoms with E-state index in [1.54, 1.807) is 6.92 Å². The molecule has 0 saturated carbocycles. The van der Waals surface area contributed by atoms with Gasteiger partial charge in [-0.2, -0.15) is 0 Å². The number of carbonyl (C=O) groups excluding carboxylic acids is 2. The van der Waals surface area contributed by atoms with Gasteiger partial charge in [0.2, 0.25) is 5.91 Å². The standard InChI is InChI=1S/C43H60N4O10Si2/c1-41(2,3)58(8,9)57-32-21-35-46-23-28(37(48)44-39(46)50)22-43(7)26-47(40(51)45-38(43)49)36-20-31(53-27-52-24-33(32)55-35)34(56-36)25-54-59(42(4,5)6,29-16-12-10-13-17-29)30-18-14-11-15-19-30/h10-19,23,31-36H,20-22,24-27H2,1-9H3,(H,44,48,50)(H,45,49,51)/t31-,32+,33-,34-,35-,36-,43-/m1/s1. The van der Waals surface area contributed by atoms with Gasteiger partial charge in [-0.15, -0.1) is 0 Å². The van der Waals surface area contributed by atoms with Crippen molar-refractivity contribution < 1.29 is 37.4 Å². The highest BCUT2D eigenvalue weighted by molar-refractivity contribution is 6.99. The predicted octanol–water partition coefficient (Wildman–Crippen LogP) is 4.38. The van der Waals surface area contributed by atoms with Crippen LogP contribution in [0.15, 0.2) is 76.4 Å². The molecular formula is C43H60N4O10Si2. The predicted molar refractivity (Wildman–Crippen MR) is 227 cm³/mol. The van der Waals surface area contributed by atoms with Gasteiger partial charge in [0.1, 0.15) is 31.5 Å². The Morgan fingerprint density at radius 3 is 2.10 bits per heavy atom.